The zero-order chi connectivity index (χ0) is 17.1. The second kappa shape index (κ2) is 7.10. The van der Waals surface area contributed by atoms with Crippen molar-refractivity contribution in [2.24, 2.45) is 4.99 Å². The summed E-state index contributed by atoms with van der Waals surface area (Å²) in [5.41, 5.74) is 7.94. The molecule has 0 atom stereocenters. The van der Waals surface area contributed by atoms with Gasteiger partial charge in [-0.15, -0.1) is 0 Å². The Labute approximate surface area is 144 Å². The molecule has 24 heavy (non-hydrogen) atoms. The van der Waals surface area contributed by atoms with Crippen LogP contribution in [-0.4, -0.2) is 35.7 Å². The molecule has 0 amide bonds. The number of allylic oxidation sites excluding steroid dienone is 1. The number of benzene rings is 1. The fourth-order valence-corrected chi connectivity index (χ4v) is 3.13. The van der Waals surface area contributed by atoms with Gasteiger partial charge in [0.15, 0.2) is 0 Å². The molecular weight excluding hydrogens is 294 g/mol. The van der Waals surface area contributed by atoms with Gasteiger partial charge in [0, 0.05) is 37.1 Å². The summed E-state index contributed by atoms with van der Waals surface area (Å²) in [7, 11) is 1.82. The molecular formula is C21H25N3. The van der Waals surface area contributed by atoms with E-state index in [1.807, 2.05) is 26.4 Å². The van der Waals surface area contributed by atoms with Crippen LogP contribution in [0.5, 0.6) is 0 Å². The zero-order valence-electron chi connectivity index (χ0n) is 14.8. The van der Waals surface area contributed by atoms with Crippen molar-refractivity contribution in [1.82, 2.24) is 9.88 Å². The topological polar surface area (TPSA) is 28.5 Å². The molecule has 1 aliphatic rings. The molecule has 0 saturated carbocycles. The lowest BCUT2D eigenvalue weighted by Crippen LogP contribution is -2.36. The van der Waals surface area contributed by atoms with Crippen molar-refractivity contribution in [3.8, 4) is 11.1 Å². The van der Waals surface area contributed by atoms with Crippen molar-refractivity contribution < 1.29 is 0 Å². The monoisotopic (exact) mass is 319 g/mol. The summed E-state index contributed by atoms with van der Waals surface area (Å²) in [4.78, 5) is 11.3. The lowest BCUT2D eigenvalue weighted by molar-refractivity contribution is 0.172. The van der Waals surface area contributed by atoms with E-state index >= 15 is 0 Å². The first kappa shape index (κ1) is 16.6. The number of aryl methyl sites for hydroxylation is 1. The fraction of sp³-hybridized carbons (Fsp3) is 0.333. The first-order valence-electron chi connectivity index (χ1n) is 8.49. The van der Waals surface area contributed by atoms with Gasteiger partial charge in [0.05, 0.1) is 5.71 Å². The van der Waals surface area contributed by atoms with Gasteiger partial charge in [0.1, 0.15) is 0 Å². The number of hydrogen-bond donors (Lipinski definition) is 0. The Morgan fingerprint density at radius 3 is 2.62 bits per heavy atom. The summed E-state index contributed by atoms with van der Waals surface area (Å²) in [5, 5.41) is 0. The van der Waals surface area contributed by atoms with Gasteiger partial charge in [-0.05, 0) is 67.8 Å². The van der Waals surface area contributed by atoms with Crippen LogP contribution < -0.4 is 0 Å². The Balaban J connectivity index is 1.94. The molecule has 0 N–H and O–H groups in total. The first-order chi connectivity index (χ1) is 11.6. The number of pyridine rings is 1. The molecule has 0 unspecified atom stereocenters. The van der Waals surface area contributed by atoms with Crippen LogP contribution in [0.4, 0.5) is 0 Å². The van der Waals surface area contributed by atoms with Gasteiger partial charge in [-0.3, -0.25) is 14.9 Å². The molecule has 3 heteroatoms. The highest BCUT2D eigenvalue weighted by atomic mass is 15.2. The molecule has 1 saturated heterocycles. The second-order valence-electron chi connectivity index (χ2n) is 6.59. The number of rotatable bonds is 5. The van der Waals surface area contributed by atoms with Crippen molar-refractivity contribution in [2.75, 3.05) is 20.1 Å². The summed E-state index contributed by atoms with van der Waals surface area (Å²) in [6.07, 6.45) is 5.23. The van der Waals surface area contributed by atoms with Crippen LogP contribution >= 0.6 is 0 Å². The van der Waals surface area contributed by atoms with Crippen molar-refractivity contribution in [3.05, 3.63) is 65.5 Å². The van der Waals surface area contributed by atoms with Crippen molar-refractivity contribution in [3.63, 3.8) is 0 Å². The molecule has 1 aliphatic heterocycles. The number of aromatic nitrogens is 1. The van der Waals surface area contributed by atoms with Gasteiger partial charge in [-0.2, -0.15) is 0 Å². The Morgan fingerprint density at radius 1 is 1.21 bits per heavy atom. The average molecular weight is 319 g/mol. The summed E-state index contributed by atoms with van der Waals surface area (Å²) in [6.45, 7) is 11.6. The van der Waals surface area contributed by atoms with E-state index in [4.69, 9.17) is 0 Å². The Bertz CT molecular complexity index is 785. The molecule has 1 fully saturated rings. The minimum atomic E-state index is 0.971. The minimum Gasteiger partial charge on any atom is -0.299 e. The van der Waals surface area contributed by atoms with Crippen molar-refractivity contribution in [2.45, 2.75) is 26.8 Å². The third-order valence-electron chi connectivity index (χ3n) is 4.60. The van der Waals surface area contributed by atoms with E-state index in [0.29, 0.717) is 0 Å². The average Bonchev–Trinajstić information content (AvgIpc) is 2.53. The number of aliphatic imine (C=N–C) groups is 1. The predicted octanol–water partition coefficient (Wildman–Crippen LogP) is 4.26. The van der Waals surface area contributed by atoms with E-state index in [0.717, 1.165) is 29.0 Å². The second-order valence-corrected chi connectivity index (χ2v) is 6.59. The zero-order valence-corrected chi connectivity index (χ0v) is 14.8. The molecule has 124 valence electrons. The fourth-order valence-electron chi connectivity index (χ4n) is 3.13. The van der Waals surface area contributed by atoms with E-state index < -0.39 is 0 Å². The maximum absolute atomic E-state index is 4.45. The van der Waals surface area contributed by atoms with Gasteiger partial charge in [0.2, 0.25) is 0 Å². The highest BCUT2D eigenvalue weighted by molar-refractivity contribution is 6.13. The molecule has 0 radical (unpaired) electrons. The third kappa shape index (κ3) is 3.46. The summed E-state index contributed by atoms with van der Waals surface area (Å²) >= 11 is 0. The lowest BCUT2D eigenvalue weighted by Gasteiger charge is -2.30. The Morgan fingerprint density at radius 2 is 2.00 bits per heavy atom. The van der Waals surface area contributed by atoms with Gasteiger partial charge < -0.3 is 0 Å². The van der Waals surface area contributed by atoms with Crippen LogP contribution in [0, 0.1) is 6.92 Å². The standard InChI is InChI=1S/C21H25N3/c1-15(2)21(22-4)20-11-18(7-6-16(20)3)19-10-17(12-23-13-19)14-24-8-5-9-24/h6-7,10-13H,1,5,8-9,14H2,2-4H3. The molecule has 1 aromatic carbocycles. The molecule has 0 bridgehead atoms. The lowest BCUT2D eigenvalue weighted by atomic mass is 9.95. The van der Waals surface area contributed by atoms with Crippen LogP contribution in [0.1, 0.15) is 30.0 Å². The van der Waals surface area contributed by atoms with E-state index in [-0.39, 0.29) is 0 Å². The van der Waals surface area contributed by atoms with E-state index in [1.165, 1.54) is 36.2 Å². The molecule has 0 spiro atoms. The van der Waals surface area contributed by atoms with Gasteiger partial charge in [0.25, 0.3) is 0 Å². The number of hydrogen-bond acceptors (Lipinski definition) is 3. The summed E-state index contributed by atoms with van der Waals surface area (Å²) in [5.74, 6) is 0. The largest absolute Gasteiger partial charge is 0.299 e. The normalized spacial score (nSPS) is 15.2. The predicted molar refractivity (Wildman–Crippen MR) is 102 cm³/mol. The summed E-state index contributed by atoms with van der Waals surface area (Å²) in [6, 6.07) is 8.77. The van der Waals surface area contributed by atoms with Crippen LogP contribution in [0.3, 0.4) is 0 Å². The highest BCUT2D eigenvalue weighted by Crippen LogP contribution is 2.25. The van der Waals surface area contributed by atoms with E-state index in [1.54, 1.807) is 0 Å². The van der Waals surface area contributed by atoms with E-state index in [2.05, 4.69) is 52.6 Å². The maximum atomic E-state index is 4.45. The Hall–Kier alpha value is -2.26. The van der Waals surface area contributed by atoms with Gasteiger partial charge in [-0.25, -0.2) is 0 Å². The number of nitrogens with zero attached hydrogens (tertiary/aromatic N) is 3. The SMILES string of the molecule is C=C(C)C(=NC)c1cc(-c2cncc(CN3CCC3)c2)ccc1C. The molecule has 0 aliphatic carbocycles. The molecule has 2 heterocycles. The Kier molecular flexibility index (Phi) is 4.91. The quantitative estimate of drug-likeness (QED) is 0.771. The third-order valence-corrected chi connectivity index (χ3v) is 4.60. The molecule has 2 aromatic rings. The molecule has 3 nitrogen and oxygen atoms in total. The van der Waals surface area contributed by atoms with Crippen molar-refractivity contribution >= 4 is 5.71 Å². The van der Waals surface area contributed by atoms with Crippen LogP contribution in [0.2, 0.25) is 0 Å². The minimum absolute atomic E-state index is 0.971. The first-order valence-corrected chi connectivity index (χ1v) is 8.49. The maximum Gasteiger partial charge on any atom is 0.0669 e. The smallest absolute Gasteiger partial charge is 0.0669 e. The van der Waals surface area contributed by atoms with Gasteiger partial charge in [-0.1, -0.05) is 18.7 Å². The van der Waals surface area contributed by atoms with Crippen LogP contribution in [0.15, 0.2) is 53.8 Å². The number of likely N-dealkylation sites (tertiary alicyclic amines) is 1. The summed E-state index contributed by atoms with van der Waals surface area (Å²) < 4.78 is 0. The van der Waals surface area contributed by atoms with Crippen LogP contribution in [0.25, 0.3) is 11.1 Å². The van der Waals surface area contributed by atoms with Crippen molar-refractivity contribution in [1.29, 1.82) is 0 Å². The van der Waals surface area contributed by atoms with Crippen LogP contribution in [-0.2, 0) is 6.54 Å². The highest BCUT2D eigenvalue weighted by Gasteiger charge is 2.14. The molecule has 3 rings (SSSR count). The van der Waals surface area contributed by atoms with E-state index in [9.17, 15) is 0 Å². The molecule has 1 aromatic heterocycles. The van der Waals surface area contributed by atoms with Gasteiger partial charge >= 0.3 is 0 Å².